The molecule has 3 N–H and O–H groups in total. The van der Waals surface area contributed by atoms with Gasteiger partial charge in [-0.15, -0.1) is 0 Å². The Bertz CT molecular complexity index is 293. The van der Waals surface area contributed by atoms with Crippen LogP contribution in [0.25, 0.3) is 0 Å². The van der Waals surface area contributed by atoms with E-state index in [-0.39, 0.29) is 5.84 Å². The van der Waals surface area contributed by atoms with Crippen molar-refractivity contribution in [2.75, 3.05) is 6.61 Å². The Morgan fingerprint density at radius 3 is 2.50 bits per heavy atom. The molecule has 0 atom stereocenters. The molecular formula is C11H16N2O. The lowest BCUT2D eigenvalue weighted by Gasteiger charge is -2.03. The third-order valence-corrected chi connectivity index (χ3v) is 1.88. The fourth-order valence-corrected chi connectivity index (χ4v) is 1.11. The van der Waals surface area contributed by atoms with Crippen LogP contribution in [0.5, 0.6) is 0 Å². The molecule has 1 rings (SSSR count). The van der Waals surface area contributed by atoms with Gasteiger partial charge in [0.25, 0.3) is 0 Å². The molecule has 3 heteroatoms. The van der Waals surface area contributed by atoms with E-state index in [1.165, 1.54) is 0 Å². The average Bonchev–Trinajstić information content (AvgIpc) is 2.19. The lowest BCUT2D eigenvalue weighted by Crippen LogP contribution is -2.10. The maximum Gasteiger partial charge on any atom is 0.122 e. The molecule has 0 spiro atoms. The summed E-state index contributed by atoms with van der Waals surface area (Å²) in [7, 11) is 0. The highest BCUT2D eigenvalue weighted by molar-refractivity contribution is 5.94. The smallest absolute Gasteiger partial charge is 0.122 e. The summed E-state index contributed by atoms with van der Waals surface area (Å²) in [5, 5.41) is 7.22. The summed E-state index contributed by atoms with van der Waals surface area (Å²) in [4.78, 5) is 0. The van der Waals surface area contributed by atoms with Crippen LogP contribution in [-0.2, 0) is 11.3 Å². The van der Waals surface area contributed by atoms with Crippen molar-refractivity contribution in [2.24, 2.45) is 5.73 Å². The predicted molar refractivity (Wildman–Crippen MR) is 57.4 cm³/mol. The molecule has 0 aliphatic rings. The molecule has 3 nitrogen and oxygen atoms in total. The Balaban J connectivity index is 2.51. The van der Waals surface area contributed by atoms with Gasteiger partial charge in [-0.1, -0.05) is 31.2 Å². The average molecular weight is 192 g/mol. The van der Waals surface area contributed by atoms with Crippen LogP contribution in [-0.4, -0.2) is 12.4 Å². The molecule has 1 aromatic rings. The van der Waals surface area contributed by atoms with Crippen molar-refractivity contribution >= 4 is 5.84 Å². The zero-order chi connectivity index (χ0) is 10.4. The van der Waals surface area contributed by atoms with E-state index in [0.29, 0.717) is 6.61 Å². The zero-order valence-corrected chi connectivity index (χ0v) is 8.42. The van der Waals surface area contributed by atoms with Crippen molar-refractivity contribution in [1.82, 2.24) is 0 Å². The largest absolute Gasteiger partial charge is 0.384 e. The fraction of sp³-hybridized carbons (Fsp3) is 0.364. The standard InChI is InChI=1S/C11H16N2O/c1-2-7-14-8-9-3-5-10(6-4-9)11(12)13/h3-6H,2,7-8H2,1H3,(H3,12,13). The highest BCUT2D eigenvalue weighted by Gasteiger charge is 1.96. The van der Waals surface area contributed by atoms with Gasteiger partial charge in [-0.05, 0) is 12.0 Å². The minimum Gasteiger partial charge on any atom is -0.384 e. The van der Waals surface area contributed by atoms with E-state index < -0.39 is 0 Å². The van der Waals surface area contributed by atoms with Gasteiger partial charge in [-0.2, -0.15) is 0 Å². The van der Waals surface area contributed by atoms with E-state index in [0.717, 1.165) is 24.2 Å². The van der Waals surface area contributed by atoms with Gasteiger partial charge < -0.3 is 10.5 Å². The maximum atomic E-state index is 7.22. The fourth-order valence-electron chi connectivity index (χ4n) is 1.11. The predicted octanol–water partition coefficient (Wildman–Crippen LogP) is 1.90. The summed E-state index contributed by atoms with van der Waals surface area (Å²) >= 11 is 0. The van der Waals surface area contributed by atoms with Gasteiger partial charge in [-0.3, -0.25) is 5.41 Å². The van der Waals surface area contributed by atoms with E-state index >= 15 is 0 Å². The summed E-state index contributed by atoms with van der Waals surface area (Å²) in [6.07, 6.45) is 1.03. The van der Waals surface area contributed by atoms with Crippen LogP contribution in [0, 0.1) is 5.41 Å². The summed E-state index contributed by atoms with van der Waals surface area (Å²) in [6, 6.07) is 7.55. The molecule has 0 fully saturated rings. The molecule has 0 heterocycles. The van der Waals surface area contributed by atoms with Gasteiger partial charge in [0.15, 0.2) is 0 Å². The molecule has 0 bridgehead atoms. The molecule has 0 unspecified atom stereocenters. The first-order valence-corrected chi connectivity index (χ1v) is 4.75. The molecule has 0 aliphatic heterocycles. The van der Waals surface area contributed by atoms with Crippen molar-refractivity contribution < 1.29 is 4.74 Å². The number of nitrogen functional groups attached to an aromatic ring is 1. The molecule has 0 aromatic heterocycles. The van der Waals surface area contributed by atoms with E-state index in [2.05, 4.69) is 6.92 Å². The molecule has 1 aromatic carbocycles. The van der Waals surface area contributed by atoms with Crippen molar-refractivity contribution in [2.45, 2.75) is 20.0 Å². The summed E-state index contributed by atoms with van der Waals surface area (Å²) < 4.78 is 5.38. The summed E-state index contributed by atoms with van der Waals surface area (Å²) in [6.45, 7) is 3.50. The van der Waals surface area contributed by atoms with Crippen LogP contribution < -0.4 is 5.73 Å². The van der Waals surface area contributed by atoms with Gasteiger partial charge in [-0.25, -0.2) is 0 Å². The Hall–Kier alpha value is -1.35. The maximum absolute atomic E-state index is 7.22. The summed E-state index contributed by atoms with van der Waals surface area (Å²) in [5.74, 6) is 0.103. The Kier molecular flexibility index (Phi) is 4.13. The van der Waals surface area contributed by atoms with Gasteiger partial charge in [0.1, 0.15) is 5.84 Å². The third-order valence-electron chi connectivity index (χ3n) is 1.88. The highest BCUT2D eigenvalue weighted by atomic mass is 16.5. The monoisotopic (exact) mass is 192 g/mol. The number of rotatable bonds is 5. The number of benzene rings is 1. The second-order valence-electron chi connectivity index (χ2n) is 3.16. The van der Waals surface area contributed by atoms with Gasteiger partial charge in [0.05, 0.1) is 6.61 Å². The molecule has 0 saturated heterocycles. The summed E-state index contributed by atoms with van der Waals surface area (Å²) in [5.41, 5.74) is 7.21. The molecular weight excluding hydrogens is 176 g/mol. The highest BCUT2D eigenvalue weighted by Crippen LogP contribution is 2.05. The number of nitrogens with two attached hydrogens (primary N) is 1. The molecule has 14 heavy (non-hydrogen) atoms. The topological polar surface area (TPSA) is 59.1 Å². The van der Waals surface area contributed by atoms with E-state index in [1.54, 1.807) is 0 Å². The van der Waals surface area contributed by atoms with Gasteiger partial charge >= 0.3 is 0 Å². The molecule has 0 saturated carbocycles. The first-order valence-electron chi connectivity index (χ1n) is 4.75. The minimum absolute atomic E-state index is 0.103. The number of ether oxygens (including phenoxy) is 1. The molecule has 76 valence electrons. The zero-order valence-electron chi connectivity index (χ0n) is 8.42. The van der Waals surface area contributed by atoms with Crippen molar-refractivity contribution in [3.63, 3.8) is 0 Å². The van der Waals surface area contributed by atoms with E-state index in [9.17, 15) is 0 Å². The van der Waals surface area contributed by atoms with Gasteiger partial charge in [0.2, 0.25) is 0 Å². The Morgan fingerprint density at radius 1 is 1.36 bits per heavy atom. The molecule has 0 radical (unpaired) electrons. The molecule has 0 amide bonds. The quantitative estimate of drug-likeness (QED) is 0.425. The Labute approximate surface area is 84.4 Å². The normalized spacial score (nSPS) is 10.1. The van der Waals surface area contributed by atoms with Crippen LogP contribution in [0.2, 0.25) is 0 Å². The second kappa shape index (κ2) is 5.40. The number of hydrogen-bond acceptors (Lipinski definition) is 2. The van der Waals surface area contributed by atoms with Crippen LogP contribution in [0.4, 0.5) is 0 Å². The lowest BCUT2D eigenvalue weighted by atomic mass is 10.1. The third kappa shape index (κ3) is 3.18. The van der Waals surface area contributed by atoms with Crippen LogP contribution in [0.3, 0.4) is 0 Å². The first-order chi connectivity index (χ1) is 6.74. The molecule has 0 aliphatic carbocycles. The minimum atomic E-state index is 0.103. The lowest BCUT2D eigenvalue weighted by molar-refractivity contribution is 0.121. The SMILES string of the molecule is CCCOCc1ccc(C(=N)N)cc1. The Morgan fingerprint density at radius 2 is 2.00 bits per heavy atom. The van der Waals surface area contributed by atoms with Crippen LogP contribution in [0.1, 0.15) is 24.5 Å². The van der Waals surface area contributed by atoms with E-state index in [1.807, 2.05) is 24.3 Å². The number of nitrogens with one attached hydrogen (secondary N) is 1. The second-order valence-corrected chi connectivity index (χ2v) is 3.16. The number of hydrogen-bond donors (Lipinski definition) is 2. The van der Waals surface area contributed by atoms with Crippen molar-refractivity contribution in [3.8, 4) is 0 Å². The van der Waals surface area contributed by atoms with Gasteiger partial charge in [0, 0.05) is 12.2 Å². The van der Waals surface area contributed by atoms with Crippen LogP contribution in [0.15, 0.2) is 24.3 Å². The first kappa shape index (κ1) is 10.7. The van der Waals surface area contributed by atoms with Crippen LogP contribution >= 0.6 is 0 Å². The van der Waals surface area contributed by atoms with Crippen molar-refractivity contribution in [1.29, 1.82) is 5.41 Å². The van der Waals surface area contributed by atoms with E-state index in [4.69, 9.17) is 15.9 Å². The number of amidine groups is 1. The van der Waals surface area contributed by atoms with Crippen molar-refractivity contribution in [3.05, 3.63) is 35.4 Å².